The predicted molar refractivity (Wildman–Crippen MR) is 70.8 cm³/mol. The van der Waals surface area contributed by atoms with E-state index in [1.54, 1.807) is 18.3 Å². The molecule has 4 heteroatoms. The summed E-state index contributed by atoms with van der Waals surface area (Å²) in [6.07, 6.45) is 1.80. The second kappa shape index (κ2) is 5.31. The maximum Gasteiger partial charge on any atom is 0.132 e. The summed E-state index contributed by atoms with van der Waals surface area (Å²) in [5, 5.41) is 7.45. The molecule has 1 aromatic heterocycles. The summed E-state index contributed by atoms with van der Waals surface area (Å²) in [5.74, 6) is -0.211. The van der Waals surface area contributed by atoms with Crippen LogP contribution < -0.4 is 5.32 Å². The first-order valence-corrected chi connectivity index (χ1v) is 6.11. The van der Waals surface area contributed by atoms with Gasteiger partial charge < -0.3 is 5.32 Å². The largest absolute Gasteiger partial charge is 0.316 e. The Morgan fingerprint density at radius 3 is 2.67 bits per heavy atom. The summed E-state index contributed by atoms with van der Waals surface area (Å²) in [5.41, 5.74) is 2.47. The summed E-state index contributed by atoms with van der Waals surface area (Å²) in [6.45, 7) is 4.76. The fourth-order valence-electron chi connectivity index (χ4n) is 2.06. The number of nitrogens with one attached hydrogen (secondary N) is 1. The molecule has 3 nitrogen and oxygen atoms in total. The van der Waals surface area contributed by atoms with Gasteiger partial charge in [0.15, 0.2) is 0 Å². The standard InChI is InChI=1S/C14H18FN3/c1-10(2)18-14(11(8-16-3)9-17-18)12-6-4-5-7-13(12)15/h4-7,9-10,16H,8H2,1-3H3. The molecule has 0 aliphatic heterocycles. The third-order valence-corrected chi connectivity index (χ3v) is 2.86. The van der Waals surface area contributed by atoms with E-state index in [2.05, 4.69) is 10.4 Å². The summed E-state index contributed by atoms with van der Waals surface area (Å²) >= 11 is 0. The van der Waals surface area contributed by atoms with Crippen LogP contribution in [0.5, 0.6) is 0 Å². The van der Waals surface area contributed by atoms with Gasteiger partial charge in [-0.2, -0.15) is 5.10 Å². The fraction of sp³-hybridized carbons (Fsp3) is 0.357. The molecule has 0 atom stereocenters. The minimum atomic E-state index is -0.211. The highest BCUT2D eigenvalue weighted by Crippen LogP contribution is 2.28. The highest BCUT2D eigenvalue weighted by molar-refractivity contribution is 5.64. The smallest absolute Gasteiger partial charge is 0.132 e. The fourth-order valence-corrected chi connectivity index (χ4v) is 2.06. The van der Waals surface area contributed by atoms with Crippen LogP contribution in [0.1, 0.15) is 25.5 Å². The van der Waals surface area contributed by atoms with Gasteiger partial charge in [0.05, 0.1) is 11.9 Å². The highest BCUT2D eigenvalue weighted by Gasteiger charge is 2.17. The van der Waals surface area contributed by atoms with E-state index in [0.29, 0.717) is 12.1 Å². The molecule has 0 unspecified atom stereocenters. The van der Waals surface area contributed by atoms with Gasteiger partial charge in [0.25, 0.3) is 0 Å². The number of aromatic nitrogens is 2. The lowest BCUT2D eigenvalue weighted by atomic mass is 10.1. The van der Waals surface area contributed by atoms with E-state index < -0.39 is 0 Å². The molecular weight excluding hydrogens is 229 g/mol. The summed E-state index contributed by atoms with van der Waals surface area (Å²) in [6, 6.07) is 7.03. The molecule has 2 rings (SSSR count). The quantitative estimate of drug-likeness (QED) is 0.900. The van der Waals surface area contributed by atoms with Crippen molar-refractivity contribution in [3.63, 3.8) is 0 Å². The van der Waals surface area contributed by atoms with E-state index in [-0.39, 0.29) is 11.9 Å². The Balaban J connectivity index is 2.60. The molecular formula is C14H18FN3. The van der Waals surface area contributed by atoms with E-state index in [1.807, 2.05) is 31.6 Å². The molecule has 0 spiro atoms. The molecule has 0 fully saturated rings. The first-order chi connectivity index (χ1) is 8.65. The van der Waals surface area contributed by atoms with Gasteiger partial charge >= 0.3 is 0 Å². The van der Waals surface area contributed by atoms with Crippen molar-refractivity contribution in [3.8, 4) is 11.3 Å². The molecule has 0 aliphatic carbocycles. The number of benzene rings is 1. The summed E-state index contributed by atoms with van der Waals surface area (Å²) < 4.78 is 15.8. The number of rotatable bonds is 4. The number of hydrogen-bond donors (Lipinski definition) is 1. The normalized spacial score (nSPS) is 11.2. The first-order valence-electron chi connectivity index (χ1n) is 6.11. The van der Waals surface area contributed by atoms with E-state index in [9.17, 15) is 4.39 Å². The minimum Gasteiger partial charge on any atom is -0.316 e. The molecule has 0 saturated heterocycles. The lowest BCUT2D eigenvalue weighted by molar-refractivity contribution is 0.535. The van der Waals surface area contributed by atoms with Crippen molar-refractivity contribution < 1.29 is 4.39 Å². The first kappa shape index (κ1) is 12.8. The van der Waals surface area contributed by atoms with Crippen molar-refractivity contribution in [2.75, 3.05) is 7.05 Å². The molecule has 0 amide bonds. The summed E-state index contributed by atoms with van der Waals surface area (Å²) in [4.78, 5) is 0. The topological polar surface area (TPSA) is 29.9 Å². The van der Waals surface area contributed by atoms with Crippen LogP contribution >= 0.6 is 0 Å². The lowest BCUT2D eigenvalue weighted by Crippen LogP contribution is -2.09. The zero-order valence-electron chi connectivity index (χ0n) is 10.9. The van der Waals surface area contributed by atoms with Crippen LogP contribution in [0, 0.1) is 5.82 Å². The van der Waals surface area contributed by atoms with Gasteiger partial charge in [-0.1, -0.05) is 12.1 Å². The third-order valence-electron chi connectivity index (χ3n) is 2.86. The number of hydrogen-bond acceptors (Lipinski definition) is 2. The van der Waals surface area contributed by atoms with Gasteiger partial charge in [-0.15, -0.1) is 0 Å². The molecule has 1 N–H and O–H groups in total. The van der Waals surface area contributed by atoms with Crippen LogP contribution in [0.3, 0.4) is 0 Å². The Bertz CT molecular complexity index is 532. The van der Waals surface area contributed by atoms with Crippen molar-refractivity contribution >= 4 is 0 Å². The number of nitrogens with zero attached hydrogens (tertiary/aromatic N) is 2. The van der Waals surface area contributed by atoms with Gasteiger partial charge in [0.2, 0.25) is 0 Å². The van der Waals surface area contributed by atoms with Gasteiger partial charge in [0, 0.05) is 23.7 Å². The lowest BCUT2D eigenvalue weighted by Gasteiger charge is -2.13. The SMILES string of the molecule is CNCc1cnn(C(C)C)c1-c1ccccc1F. The van der Waals surface area contributed by atoms with Crippen molar-refractivity contribution in [3.05, 3.63) is 41.8 Å². The summed E-state index contributed by atoms with van der Waals surface area (Å²) in [7, 11) is 1.87. The van der Waals surface area contributed by atoms with E-state index in [4.69, 9.17) is 0 Å². The van der Waals surface area contributed by atoms with E-state index in [1.165, 1.54) is 6.07 Å². The Morgan fingerprint density at radius 1 is 1.33 bits per heavy atom. The Hall–Kier alpha value is -1.68. The van der Waals surface area contributed by atoms with E-state index in [0.717, 1.165) is 11.3 Å². The average molecular weight is 247 g/mol. The monoisotopic (exact) mass is 247 g/mol. The van der Waals surface area contributed by atoms with Crippen molar-refractivity contribution in [2.24, 2.45) is 0 Å². The second-order valence-corrected chi connectivity index (χ2v) is 4.57. The highest BCUT2D eigenvalue weighted by atomic mass is 19.1. The Labute approximate surface area is 107 Å². The molecule has 2 aromatic rings. The van der Waals surface area contributed by atoms with Crippen LogP contribution in [0.2, 0.25) is 0 Å². The average Bonchev–Trinajstić information content (AvgIpc) is 2.74. The zero-order valence-corrected chi connectivity index (χ0v) is 10.9. The molecule has 0 radical (unpaired) electrons. The second-order valence-electron chi connectivity index (χ2n) is 4.57. The van der Waals surface area contributed by atoms with Crippen molar-refractivity contribution in [2.45, 2.75) is 26.4 Å². The van der Waals surface area contributed by atoms with Crippen LogP contribution in [0.15, 0.2) is 30.5 Å². The number of halogens is 1. The van der Waals surface area contributed by atoms with Crippen LogP contribution in [-0.4, -0.2) is 16.8 Å². The molecule has 0 aliphatic rings. The van der Waals surface area contributed by atoms with Gasteiger partial charge in [0.1, 0.15) is 5.82 Å². The maximum atomic E-state index is 14.0. The Kier molecular flexibility index (Phi) is 3.77. The van der Waals surface area contributed by atoms with Crippen molar-refractivity contribution in [1.82, 2.24) is 15.1 Å². The minimum absolute atomic E-state index is 0.199. The van der Waals surface area contributed by atoms with Crippen LogP contribution in [-0.2, 0) is 6.54 Å². The zero-order chi connectivity index (χ0) is 13.1. The molecule has 0 bridgehead atoms. The molecule has 96 valence electrons. The van der Waals surface area contributed by atoms with Crippen LogP contribution in [0.4, 0.5) is 4.39 Å². The van der Waals surface area contributed by atoms with Gasteiger partial charge in [-0.3, -0.25) is 4.68 Å². The molecule has 18 heavy (non-hydrogen) atoms. The van der Waals surface area contributed by atoms with Gasteiger partial charge in [-0.25, -0.2) is 4.39 Å². The molecule has 1 heterocycles. The van der Waals surface area contributed by atoms with E-state index >= 15 is 0 Å². The maximum absolute atomic E-state index is 14.0. The predicted octanol–water partition coefficient (Wildman–Crippen LogP) is 2.99. The van der Waals surface area contributed by atoms with Crippen molar-refractivity contribution in [1.29, 1.82) is 0 Å². The van der Waals surface area contributed by atoms with Gasteiger partial charge in [-0.05, 0) is 33.0 Å². The molecule has 0 saturated carbocycles. The Morgan fingerprint density at radius 2 is 2.06 bits per heavy atom. The molecule has 1 aromatic carbocycles. The van der Waals surface area contributed by atoms with Crippen LogP contribution in [0.25, 0.3) is 11.3 Å². The third kappa shape index (κ3) is 2.29.